The van der Waals surface area contributed by atoms with Crippen LogP contribution in [0, 0.1) is 0 Å². The molecular weight excluding hydrogens is 219 g/mol. The lowest BCUT2D eigenvalue weighted by Crippen LogP contribution is -2.31. The summed E-state index contributed by atoms with van der Waals surface area (Å²) in [4.78, 5) is 4.64. The van der Waals surface area contributed by atoms with E-state index in [4.69, 9.17) is 5.90 Å². The molecule has 0 heterocycles. The monoisotopic (exact) mass is 233 g/mol. The Labute approximate surface area is 92.2 Å². The van der Waals surface area contributed by atoms with Crippen LogP contribution in [-0.4, -0.2) is 5.60 Å². The third-order valence-electron chi connectivity index (χ3n) is 2.26. The summed E-state index contributed by atoms with van der Waals surface area (Å²) in [6.45, 7) is 3.28. The van der Waals surface area contributed by atoms with Crippen LogP contribution in [0.1, 0.15) is 25.0 Å². The lowest BCUT2D eigenvalue weighted by molar-refractivity contribution is -0.138. The Balaban J connectivity index is 3.06. The van der Waals surface area contributed by atoms with Gasteiger partial charge in [-0.3, -0.25) is 4.84 Å². The van der Waals surface area contributed by atoms with Crippen LogP contribution in [0.5, 0.6) is 0 Å². The Hall–Kier alpha value is -1.07. The van der Waals surface area contributed by atoms with E-state index in [0.29, 0.717) is 0 Å². The maximum Gasteiger partial charge on any atom is 0.416 e. The van der Waals surface area contributed by atoms with E-state index in [1.807, 2.05) is 0 Å². The van der Waals surface area contributed by atoms with Crippen LogP contribution in [0.3, 0.4) is 0 Å². The van der Waals surface area contributed by atoms with Crippen LogP contribution in [0.25, 0.3) is 0 Å². The Bertz CT molecular complexity index is 360. The third kappa shape index (κ3) is 3.21. The van der Waals surface area contributed by atoms with Gasteiger partial charge in [0.1, 0.15) is 0 Å². The van der Waals surface area contributed by atoms with Gasteiger partial charge in [0.25, 0.3) is 0 Å². The first-order valence-electron chi connectivity index (χ1n) is 4.79. The van der Waals surface area contributed by atoms with Crippen LogP contribution >= 0.6 is 0 Å². The van der Waals surface area contributed by atoms with Gasteiger partial charge in [-0.15, -0.1) is 0 Å². The molecule has 2 N–H and O–H groups in total. The average Bonchev–Trinajstić information content (AvgIpc) is 2.16. The van der Waals surface area contributed by atoms with Gasteiger partial charge in [0, 0.05) is 6.42 Å². The predicted octanol–water partition coefficient (Wildman–Crippen LogP) is 2.92. The maximum absolute atomic E-state index is 12.7. The summed E-state index contributed by atoms with van der Waals surface area (Å²) < 4.78 is 38.0. The number of nitrogens with two attached hydrogens (primary N) is 1. The average molecular weight is 233 g/mol. The number of benzene rings is 1. The van der Waals surface area contributed by atoms with Crippen molar-refractivity contribution >= 4 is 0 Å². The Kier molecular flexibility index (Phi) is 3.60. The zero-order chi connectivity index (χ0) is 12.4. The molecule has 0 aromatic heterocycles. The molecule has 0 saturated heterocycles. The van der Waals surface area contributed by atoms with Crippen LogP contribution in [-0.2, 0) is 17.4 Å². The van der Waals surface area contributed by atoms with E-state index in [-0.39, 0.29) is 12.0 Å². The van der Waals surface area contributed by atoms with Crippen molar-refractivity contribution in [1.29, 1.82) is 0 Å². The van der Waals surface area contributed by atoms with E-state index in [0.717, 1.165) is 6.07 Å². The van der Waals surface area contributed by atoms with Crippen molar-refractivity contribution in [2.45, 2.75) is 32.0 Å². The third-order valence-corrected chi connectivity index (χ3v) is 2.26. The molecule has 90 valence electrons. The molecule has 1 rings (SSSR count). The van der Waals surface area contributed by atoms with E-state index in [9.17, 15) is 13.2 Å². The van der Waals surface area contributed by atoms with Gasteiger partial charge in [0.2, 0.25) is 0 Å². The highest BCUT2D eigenvalue weighted by atomic mass is 19.4. The fourth-order valence-corrected chi connectivity index (χ4v) is 1.45. The van der Waals surface area contributed by atoms with Crippen molar-refractivity contribution in [3.8, 4) is 0 Å². The van der Waals surface area contributed by atoms with Crippen molar-refractivity contribution in [1.82, 2.24) is 0 Å². The molecule has 16 heavy (non-hydrogen) atoms. The van der Waals surface area contributed by atoms with Gasteiger partial charge in [-0.2, -0.15) is 13.2 Å². The fourth-order valence-electron chi connectivity index (χ4n) is 1.45. The van der Waals surface area contributed by atoms with E-state index < -0.39 is 17.3 Å². The summed E-state index contributed by atoms with van der Waals surface area (Å²) in [5, 5.41) is 0. The molecular formula is C11H14F3NO. The van der Waals surface area contributed by atoms with E-state index in [2.05, 4.69) is 4.84 Å². The minimum absolute atomic E-state index is 0.110. The number of alkyl halides is 3. The van der Waals surface area contributed by atoms with Crippen LogP contribution in [0.2, 0.25) is 0 Å². The minimum Gasteiger partial charge on any atom is -0.298 e. The maximum atomic E-state index is 12.7. The molecule has 0 saturated carbocycles. The summed E-state index contributed by atoms with van der Waals surface area (Å²) in [7, 11) is 0. The van der Waals surface area contributed by atoms with Gasteiger partial charge in [-0.1, -0.05) is 18.2 Å². The Morgan fingerprint density at radius 2 is 1.75 bits per heavy atom. The molecule has 0 bridgehead atoms. The van der Waals surface area contributed by atoms with Gasteiger partial charge < -0.3 is 0 Å². The first kappa shape index (κ1) is 13.0. The molecule has 0 fully saturated rings. The second kappa shape index (κ2) is 4.43. The SMILES string of the molecule is CC(C)(Cc1ccccc1C(F)(F)F)ON. The minimum atomic E-state index is -4.35. The van der Waals surface area contributed by atoms with Crippen molar-refractivity contribution in [3.05, 3.63) is 35.4 Å². The largest absolute Gasteiger partial charge is 0.416 e. The molecule has 0 unspecified atom stereocenters. The summed E-state index contributed by atoms with van der Waals surface area (Å²) in [5.41, 5.74) is -1.27. The topological polar surface area (TPSA) is 35.2 Å². The van der Waals surface area contributed by atoms with Gasteiger partial charge >= 0.3 is 6.18 Å². The molecule has 0 aliphatic heterocycles. The van der Waals surface area contributed by atoms with Crippen LogP contribution in [0.15, 0.2) is 24.3 Å². The summed E-state index contributed by atoms with van der Waals surface area (Å²) >= 11 is 0. The lowest BCUT2D eigenvalue weighted by atomic mass is 9.94. The van der Waals surface area contributed by atoms with E-state index in [1.165, 1.54) is 12.1 Å². The van der Waals surface area contributed by atoms with Crippen molar-refractivity contribution in [3.63, 3.8) is 0 Å². The van der Waals surface area contributed by atoms with Gasteiger partial charge in [0.05, 0.1) is 11.2 Å². The lowest BCUT2D eigenvalue weighted by Gasteiger charge is -2.23. The van der Waals surface area contributed by atoms with E-state index in [1.54, 1.807) is 19.9 Å². The second-order valence-electron chi connectivity index (χ2n) is 4.21. The molecule has 0 amide bonds. The molecule has 2 nitrogen and oxygen atoms in total. The summed E-state index contributed by atoms with van der Waals surface area (Å²) in [6, 6.07) is 5.42. The van der Waals surface area contributed by atoms with Crippen molar-refractivity contribution < 1.29 is 18.0 Å². The molecule has 0 aliphatic rings. The quantitative estimate of drug-likeness (QED) is 0.815. The Morgan fingerprint density at radius 1 is 1.19 bits per heavy atom. The van der Waals surface area contributed by atoms with Crippen LogP contribution < -0.4 is 5.90 Å². The van der Waals surface area contributed by atoms with Crippen molar-refractivity contribution in [2.24, 2.45) is 5.90 Å². The van der Waals surface area contributed by atoms with Gasteiger partial charge in [-0.25, -0.2) is 5.90 Å². The summed E-state index contributed by atoms with van der Waals surface area (Å²) in [6.07, 6.45) is -4.24. The van der Waals surface area contributed by atoms with E-state index >= 15 is 0 Å². The van der Waals surface area contributed by atoms with Gasteiger partial charge in [-0.05, 0) is 25.5 Å². The standard InChI is InChI=1S/C11H14F3NO/c1-10(2,16-15)7-8-5-3-4-6-9(8)11(12,13)14/h3-6H,7,15H2,1-2H3. The smallest absolute Gasteiger partial charge is 0.298 e. The second-order valence-corrected chi connectivity index (χ2v) is 4.21. The number of hydrogen-bond donors (Lipinski definition) is 1. The fraction of sp³-hybridized carbons (Fsp3) is 0.455. The highest BCUT2D eigenvalue weighted by Crippen LogP contribution is 2.33. The molecule has 0 radical (unpaired) electrons. The Morgan fingerprint density at radius 3 is 2.25 bits per heavy atom. The highest BCUT2D eigenvalue weighted by molar-refractivity contribution is 5.30. The molecule has 0 aliphatic carbocycles. The molecule has 0 atom stereocenters. The van der Waals surface area contributed by atoms with Gasteiger partial charge in [0.15, 0.2) is 0 Å². The first-order valence-corrected chi connectivity index (χ1v) is 4.79. The molecule has 0 spiro atoms. The number of rotatable bonds is 3. The number of hydrogen-bond acceptors (Lipinski definition) is 2. The zero-order valence-corrected chi connectivity index (χ0v) is 9.14. The van der Waals surface area contributed by atoms with Crippen LogP contribution in [0.4, 0.5) is 13.2 Å². The molecule has 1 aromatic carbocycles. The zero-order valence-electron chi connectivity index (χ0n) is 9.14. The normalized spacial score (nSPS) is 12.9. The number of halogens is 3. The predicted molar refractivity (Wildman–Crippen MR) is 54.5 cm³/mol. The van der Waals surface area contributed by atoms with Crippen molar-refractivity contribution in [2.75, 3.05) is 0 Å². The molecule has 1 aromatic rings. The highest BCUT2D eigenvalue weighted by Gasteiger charge is 2.34. The summed E-state index contributed by atoms with van der Waals surface area (Å²) in [5.74, 6) is 5.03. The first-order chi connectivity index (χ1) is 7.26. The molecule has 5 heteroatoms.